The van der Waals surface area contributed by atoms with Crippen molar-refractivity contribution in [1.82, 2.24) is 0 Å². The van der Waals surface area contributed by atoms with Gasteiger partial charge in [-0.1, -0.05) is 0 Å². The molecule has 0 aromatic carbocycles. The summed E-state index contributed by atoms with van der Waals surface area (Å²) in [4.78, 5) is 10.8. The Morgan fingerprint density at radius 1 is 1.35 bits per heavy atom. The number of halogens is 3. The number of carbonyl (C=O) groups is 1. The second kappa shape index (κ2) is 7.29. The first kappa shape index (κ1) is 15.9. The van der Waals surface area contributed by atoms with E-state index in [4.69, 9.17) is 9.47 Å². The van der Waals surface area contributed by atoms with Gasteiger partial charge < -0.3 is 14.2 Å². The molecule has 0 aromatic heterocycles. The molecule has 100 valence electrons. The van der Waals surface area contributed by atoms with Crippen molar-refractivity contribution >= 4 is 5.97 Å². The number of hydrogen-bond donors (Lipinski definition) is 0. The molecule has 0 aliphatic rings. The molecule has 0 saturated carbocycles. The maximum atomic E-state index is 12.6. The Morgan fingerprint density at radius 3 is 2.29 bits per heavy atom. The number of alkyl halides is 3. The molecule has 0 radical (unpaired) electrons. The normalized spacial score (nSPS) is 14.6. The molecule has 0 heterocycles. The predicted octanol–water partition coefficient (Wildman–Crippen LogP) is 2.05. The van der Waals surface area contributed by atoms with Crippen LogP contribution in [0.15, 0.2) is 11.6 Å². The van der Waals surface area contributed by atoms with E-state index >= 15 is 0 Å². The first-order chi connectivity index (χ1) is 7.85. The minimum absolute atomic E-state index is 0.210. The van der Waals surface area contributed by atoms with E-state index in [-0.39, 0.29) is 6.61 Å². The molecule has 0 aliphatic heterocycles. The lowest BCUT2D eigenvalue weighted by Gasteiger charge is -2.18. The summed E-state index contributed by atoms with van der Waals surface area (Å²) in [6, 6.07) is 0. The molecule has 0 bridgehead atoms. The Balaban J connectivity index is 4.82. The van der Waals surface area contributed by atoms with E-state index in [1.165, 1.54) is 7.11 Å². The molecule has 0 saturated heterocycles. The van der Waals surface area contributed by atoms with Crippen LogP contribution in [-0.2, 0) is 19.0 Å². The maximum Gasteiger partial charge on any atom is 0.413 e. The Bertz CT molecular complexity index is 273. The van der Waals surface area contributed by atoms with E-state index in [2.05, 4.69) is 4.74 Å². The van der Waals surface area contributed by atoms with Crippen molar-refractivity contribution in [2.45, 2.75) is 25.8 Å². The van der Waals surface area contributed by atoms with Gasteiger partial charge in [0.1, 0.15) is 0 Å². The van der Waals surface area contributed by atoms with Crippen molar-refractivity contribution in [2.24, 2.45) is 0 Å². The van der Waals surface area contributed by atoms with Gasteiger partial charge >= 0.3 is 12.1 Å². The van der Waals surface area contributed by atoms with E-state index < -0.39 is 30.4 Å². The second-order valence-electron chi connectivity index (χ2n) is 3.02. The third-order valence-corrected chi connectivity index (χ3v) is 1.86. The molecule has 0 N–H and O–H groups in total. The van der Waals surface area contributed by atoms with Gasteiger partial charge in [0.2, 0.25) is 0 Å². The highest BCUT2D eigenvalue weighted by molar-refractivity contribution is 5.82. The molecule has 1 atom stereocenters. The van der Waals surface area contributed by atoms with Gasteiger partial charge in [-0.15, -0.1) is 0 Å². The summed E-state index contributed by atoms with van der Waals surface area (Å²) in [6.07, 6.45) is -5.84. The molecule has 0 aliphatic carbocycles. The van der Waals surface area contributed by atoms with Crippen LogP contribution in [0.1, 0.15) is 13.3 Å². The molecule has 4 nitrogen and oxygen atoms in total. The topological polar surface area (TPSA) is 44.8 Å². The predicted molar refractivity (Wildman–Crippen MR) is 53.2 cm³/mol. The van der Waals surface area contributed by atoms with Crippen LogP contribution in [0, 0.1) is 0 Å². The number of esters is 1. The Hall–Kier alpha value is -1.08. The van der Waals surface area contributed by atoms with E-state index in [0.29, 0.717) is 6.08 Å². The number of methoxy groups -OCH3 is 2. The first-order valence-electron chi connectivity index (χ1n) is 4.85. The van der Waals surface area contributed by atoms with E-state index in [9.17, 15) is 18.0 Å². The molecule has 0 aromatic rings. The van der Waals surface area contributed by atoms with Crippen LogP contribution in [0.2, 0.25) is 0 Å². The molecular formula is C10H15F3O4. The van der Waals surface area contributed by atoms with Crippen LogP contribution in [0.25, 0.3) is 0 Å². The highest BCUT2D eigenvalue weighted by atomic mass is 19.4. The van der Waals surface area contributed by atoms with Crippen molar-refractivity contribution in [2.75, 3.05) is 20.8 Å². The van der Waals surface area contributed by atoms with Gasteiger partial charge in [0.25, 0.3) is 0 Å². The number of rotatable bonds is 6. The Kier molecular flexibility index (Phi) is 6.82. The largest absolute Gasteiger partial charge is 0.466 e. The average molecular weight is 256 g/mol. The summed E-state index contributed by atoms with van der Waals surface area (Å²) in [5.41, 5.74) is -1.05. The third-order valence-electron chi connectivity index (χ3n) is 1.86. The fraction of sp³-hybridized carbons (Fsp3) is 0.700. The van der Waals surface area contributed by atoms with Gasteiger partial charge in [0, 0.05) is 31.8 Å². The molecule has 0 fully saturated rings. The zero-order valence-corrected chi connectivity index (χ0v) is 9.84. The molecular weight excluding hydrogens is 241 g/mol. The van der Waals surface area contributed by atoms with Crippen LogP contribution < -0.4 is 0 Å². The molecule has 7 heteroatoms. The smallest absolute Gasteiger partial charge is 0.413 e. The van der Waals surface area contributed by atoms with E-state index in [1.807, 2.05) is 0 Å². The van der Waals surface area contributed by atoms with Crippen LogP contribution in [-0.4, -0.2) is 39.3 Å². The van der Waals surface area contributed by atoms with Gasteiger partial charge in [-0.3, -0.25) is 0 Å². The number of hydrogen-bond acceptors (Lipinski definition) is 4. The van der Waals surface area contributed by atoms with Gasteiger partial charge in [-0.25, -0.2) is 4.79 Å². The van der Waals surface area contributed by atoms with Gasteiger partial charge in [0.05, 0.1) is 7.11 Å². The summed E-state index contributed by atoms with van der Waals surface area (Å²) in [5.74, 6) is -1.07. The zero-order valence-electron chi connectivity index (χ0n) is 9.84. The van der Waals surface area contributed by atoms with Crippen LogP contribution in [0.5, 0.6) is 0 Å². The van der Waals surface area contributed by atoms with Gasteiger partial charge in [-0.2, -0.15) is 13.2 Å². The fourth-order valence-corrected chi connectivity index (χ4v) is 1.03. The standard InChI is InChI=1S/C10H15F3O4/c1-4-17-9(16-3)6-7(10(11,12)13)5-8(14)15-2/h5,9H,4,6H2,1-3H3/b7-5-. The Morgan fingerprint density at radius 2 is 1.94 bits per heavy atom. The molecule has 0 amide bonds. The van der Waals surface area contributed by atoms with Crippen molar-refractivity contribution in [1.29, 1.82) is 0 Å². The zero-order chi connectivity index (χ0) is 13.5. The highest BCUT2D eigenvalue weighted by Crippen LogP contribution is 2.29. The summed E-state index contributed by atoms with van der Waals surface area (Å²) < 4.78 is 51.5. The summed E-state index contributed by atoms with van der Waals surface area (Å²) in [5, 5.41) is 0. The van der Waals surface area contributed by atoms with Crippen LogP contribution in [0.4, 0.5) is 13.2 Å². The molecule has 0 rings (SSSR count). The van der Waals surface area contributed by atoms with E-state index in [0.717, 1.165) is 7.11 Å². The molecule has 17 heavy (non-hydrogen) atoms. The SMILES string of the molecule is CCOC(C/C(=C/C(=O)OC)C(F)(F)F)OC. The van der Waals surface area contributed by atoms with Crippen LogP contribution in [0.3, 0.4) is 0 Å². The lowest BCUT2D eigenvalue weighted by atomic mass is 10.1. The highest BCUT2D eigenvalue weighted by Gasteiger charge is 2.36. The fourth-order valence-electron chi connectivity index (χ4n) is 1.03. The maximum absolute atomic E-state index is 12.6. The number of ether oxygens (including phenoxy) is 3. The van der Waals surface area contributed by atoms with Crippen molar-refractivity contribution in [3.8, 4) is 0 Å². The quantitative estimate of drug-likeness (QED) is 0.414. The third kappa shape index (κ3) is 6.28. The van der Waals surface area contributed by atoms with Gasteiger partial charge in [0.15, 0.2) is 6.29 Å². The molecule has 0 spiro atoms. The van der Waals surface area contributed by atoms with Crippen molar-refractivity contribution < 1.29 is 32.2 Å². The summed E-state index contributed by atoms with van der Waals surface area (Å²) >= 11 is 0. The second-order valence-corrected chi connectivity index (χ2v) is 3.02. The molecule has 1 unspecified atom stereocenters. The lowest BCUT2D eigenvalue weighted by molar-refractivity contribution is -0.142. The van der Waals surface area contributed by atoms with Crippen molar-refractivity contribution in [3.05, 3.63) is 11.6 Å². The van der Waals surface area contributed by atoms with E-state index in [1.54, 1.807) is 6.92 Å². The first-order valence-corrected chi connectivity index (χ1v) is 4.85. The number of carbonyl (C=O) groups excluding carboxylic acids is 1. The average Bonchev–Trinajstić information content (AvgIpc) is 2.25. The summed E-state index contributed by atoms with van der Waals surface area (Å²) in [7, 11) is 2.23. The lowest BCUT2D eigenvalue weighted by Crippen LogP contribution is -2.23. The Labute approximate surface area is 97.3 Å². The summed E-state index contributed by atoms with van der Waals surface area (Å²) in [6.45, 7) is 1.84. The minimum atomic E-state index is -4.62. The minimum Gasteiger partial charge on any atom is -0.466 e. The monoisotopic (exact) mass is 256 g/mol. The van der Waals surface area contributed by atoms with Crippen LogP contribution >= 0.6 is 0 Å². The van der Waals surface area contributed by atoms with Gasteiger partial charge in [-0.05, 0) is 6.92 Å². The van der Waals surface area contributed by atoms with Crippen molar-refractivity contribution in [3.63, 3.8) is 0 Å².